The molecule has 0 spiro atoms. The van der Waals surface area contributed by atoms with Crippen molar-refractivity contribution in [3.63, 3.8) is 0 Å². The molecule has 1 saturated carbocycles. The molecule has 1 N–H and O–H groups in total. The number of methoxy groups -OCH3 is 2. The Morgan fingerprint density at radius 3 is 2.52 bits per heavy atom. The van der Waals surface area contributed by atoms with Crippen LogP contribution < -0.4 is 9.47 Å². The first-order valence-corrected chi connectivity index (χ1v) is 9.74. The number of carboxylic acid groups (broad SMARTS) is 1. The predicted molar refractivity (Wildman–Crippen MR) is 100 cm³/mol. The van der Waals surface area contributed by atoms with Gasteiger partial charge in [-0.2, -0.15) is 0 Å². The summed E-state index contributed by atoms with van der Waals surface area (Å²) in [6, 6.07) is 7.68. The number of fused-ring (bicyclic) bond motifs is 1. The van der Waals surface area contributed by atoms with Crippen LogP contribution in [0.15, 0.2) is 29.6 Å². The molecule has 1 aromatic carbocycles. The molecule has 1 aliphatic heterocycles. The number of hydrogen-bond donors (Lipinski definition) is 1. The van der Waals surface area contributed by atoms with Crippen molar-refractivity contribution >= 4 is 23.2 Å². The summed E-state index contributed by atoms with van der Waals surface area (Å²) in [7, 11) is 3.20. The fourth-order valence-corrected chi connectivity index (χ4v) is 4.75. The molecule has 1 aromatic heterocycles. The van der Waals surface area contributed by atoms with Crippen LogP contribution >= 0.6 is 11.3 Å². The van der Waals surface area contributed by atoms with E-state index in [4.69, 9.17) is 9.47 Å². The third-order valence-electron chi connectivity index (χ3n) is 5.39. The van der Waals surface area contributed by atoms with Crippen molar-refractivity contribution in [1.29, 1.82) is 0 Å². The number of carbonyl (C=O) groups is 2. The lowest BCUT2D eigenvalue weighted by atomic mass is 9.90. The highest BCUT2D eigenvalue weighted by atomic mass is 32.1. The Hall–Kier alpha value is -2.54. The number of benzene rings is 1. The summed E-state index contributed by atoms with van der Waals surface area (Å²) in [6.07, 6.45) is 1.13. The van der Waals surface area contributed by atoms with Gasteiger partial charge in [-0.1, -0.05) is 6.07 Å². The Morgan fingerprint density at radius 1 is 1.19 bits per heavy atom. The summed E-state index contributed by atoms with van der Waals surface area (Å²) < 4.78 is 10.9. The molecule has 0 saturated heterocycles. The average molecular weight is 387 g/mol. The van der Waals surface area contributed by atoms with Crippen molar-refractivity contribution in [3.8, 4) is 11.5 Å². The summed E-state index contributed by atoms with van der Waals surface area (Å²) in [6.45, 7) is 0.562. The molecule has 27 heavy (non-hydrogen) atoms. The van der Waals surface area contributed by atoms with E-state index in [1.54, 1.807) is 25.6 Å². The fraction of sp³-hybridized carbons (Fsp3) is 0.400. The summed E-state index contributed by atoms with van der Waals surface area (Å²) >= 11 is 1.59. The fourth-order valence-electron chi connectivity index (χ4n) is 3.89. The topological polar surface area (TPSA) is 76.1 Å². The standard InChI is InChI=1S/C20H21NO5S/c1-25-15-8-11-5-6-21(19(22)13-9-14(13)20(23)24)18(17-4-3-7-27-17)12(11)10-16(15)26-2/h3-4,7-8,10,13-14,18H,5-6,9H2,1-2H3,(H,23,24). The molecule has 1 amide bonds. The summed E-state index contributed by atoms with van der Waals surface area (Å²) in [5, 5.41) is 11.2. The number of thiophene rings is 1. The van der Waals surface area contributed by atoms with E-state index in [1.165, 1.54) is 0 Å². The second-order valence-corrected chi connectivity index (χ2v) is 7.87. The van der Waals surface area contributed by atoms with Crippen LogP contribution in [0.3, 0.4) is 0 Å². The number of carboxylic acids is 1. The van der Waals surface area contributed by atoms with Crippen LogP contribution in [0.2, 0.25) is 0 Å². The Morgan fingerprint density at radius 2 is 1.93 bits per heavy atom. The molecule has 0 radical (unpaired) electrons. The smallest absolute Gasteiger partial charge is 0.307 e. The van der Waals surface area contributed by atoms with Gasteiger partial charge in [-0.25, -0.2) is 0 Å². The molecule has 7 heteroatoms. The minimum atomic E-state index is -0.884. The zero-order valence-electron chi connectivity index (χ0n) is 15.2. The maximum Gasteiger partial charge on any atom is 0.307 e. The normalized spacial score (nSPS) is 23.5. The molecule has 2 heterocycles. The van der Waals surface area contributed by atoms with Crippen molar-refractivity contribution < 1.29 is 24.2 Å². The molecule has 6 nitrogen and oxygen atoms in total. The van der Waals surface area contributed by atoms with E-state index in [0.717, 1.165) is 16.0 Å². The van der Waals surface area contributed by atoms with E-state index in [1.807, 2.05) is 34.5 Å². The lowest BCUT2D eigenvalue weighted by molar-refractivity contribution is -0.142. The Bertz CT molecular complexity index is 879. The van der Waals surface area contributed by atoms with Crippen molar-refractivity contribution in [2.45, 2.75) is 18.9 Å². The highest BCUT2D eigenvalue weighted by Crippen LogP contribution is 2.46. The number of amides is 1. The zero-order chi connectivity index (χ0) is 19.1. The Balaban J connectivity index is 1.75. The molecule has 1 aliphatic carbocycles. The van der Waals surface area contributed by atoms with Crippen molar-refractivity contribution in [1.82, 2.24) is 4.90 Å². The van der Waals surface area contributed by atoms with Gasteiger partial charge < -0.3 is 19.5 Å². The van der Waals surface area contributed by atoms with E-state index in [2.05, 4.69) is 0 Å². The molecule has 1 fully saturated rings. The van der Waals surface area contributed by atoms with E-state index in [9.17, 15) is 14.7 Å². The van der Waals surface area contributed by atoms with E-state index < -0.39 is 17.8 Å². The number of carbonyl (C=O) groups excluding carboxylic acids is 1. The molecular weight excluding hydrogens is 366 g/mol. The molecule has 4 rings (SSSR count). The van der Waals surface area contributed by atoms with Crippen LogP contribution in [0, 0.1) is 11.8 Å². The van der Waals surface area contributed by atoms with Gasteiger partial charge in [-0.15, -0.1) is 11.3 Å². The molecule has 0 bridgehead atoms. The van der Waals surface area contributed by atoms with E-state index >= 15 is 0 Å². The van der Waals surface area contributed by atoms with Gasteiger partial charge in [-0.3, -0.25) is 9.59 Å². The molecular formula is C20H21NO5S. The van der Waals surface area contributed by atoms with Crippen LogP contribution in [-0.2, 0) is 16.0 Å². The second kappa shape index (κ2) is 6.88. The minimum Gasteiger partial charge on any atom is -0.493 e. The third-order valence-corrected chi connectivity index (χ3v) is 6.32. The number of ether oxygens (including phenoxy) is 2. The van der Waals surface area contributed by atoms with Gasteiger partial charge >= 0.3 is 5.97 Å². The van der Waals surface area contributed by atoms with Gasteiger partial charge in [0.25, 0.3) is 0 Å². The van der Waals surface area contributed by atoms with Gasteiger partial charge in [0.1, 0.15) is 0 Å². The van der Waals surface area contributed by atoms with Crippen molar-refractivity contribution in [2.75, 3.05) is 20.8 Å². The maximum absolute atomic E-state index is 13.1. The summed E-state index contributed by atoms with van der Waals surface area (Å²) in [5.74, 6) is -0.609. The van der Waals surface area contributed by atoms with Crippen molar-refractivity contribution in [2.24, 2.45) is 11.8 Å². The third kappa shape index (κ3) is 3.06. The lowest BCUT2D eigenvalue weighted by Crippen LogP contribution is -2.41. The predicted octanol–water partition coefficient (Wildman–Crippen LogP) is 2.96. The first-order chi connectivity index (χ1) is 13.0. The van der Waals surface area contributed by atoms with Crippen LogP contribution in [0.5, 0.6) is 11.5 Å². The summed E-state index contributed by atoms with van der Waals surface area (Å²) in [5.41, 5.74) is 2.14. The Labute approximate surface area is 161 Å². The number of hydrogen-bond acceptors (Lipinski definition) is 5. The lowest BCUT2D eigenvalue weighted by Gasteiger charge is -2.37. The molecule has 2 aliphatic rings. The number of aliphatic carboxylic acids is 1. The molecule has 3 atom stereocenters. The molecule has 142 valence electrons. The first kappa shape index (κ1) is 17.9. The van der Waals surface area contributed by atoms with Gasteiger partial charge in [0.15, 0.2) is 11.5 Å². The van der Waals surface area contributed by atoms with Gasteiger partial charge in [0, 0.05) is 11.4 Å². The average Bonchev–Trinajstić information content (AvgIpc) is 3.32. The Kier molecular flexibility index (Phi) is 4.55. The van der Waals surface area contributed by atoms with Crippen LogP contribution in [0.4, 0.5) is 0 Å². The quantitative estimate of drug-likeness (QED) is 0.854. The summed E-state index contributed by atoms with van der Waals surface area (Å²) in [4.78, 5) is 27.2. The maximum atomic E-state index is 13.1. The monoisotopic (exact) mass is 387 g/mol. The first-order valence-electron chi connectivity index (χ1n) is 8.86. The second-order valence-electron chi connectivity index (χ2n) is 6.89. The van der Waals surface area contributed by atoms with Gasteiger partial charge in [0.2, 0.25) is 5.91 Å². The largest absolute Gasteiger partial charge is 0.493 e. The highest BCUT2D eigenvalue weighted by molar-refractivity contribution is 7.10. The minimum absolute atomic E-state index is 0.0683. The van der Waals surface area contributed by atoms with Gasteiger partial charge in [0.05, 0.1) is 32.1 Å². The van der Waals surface area contributed by atoms with E-state index in [-0.39, 0.29) is 11.9 Å². The zero-order valence-corrected chi connectivity index (χ0v) is 16.0. The van der Waals surface area contributed by atoms with Crippen LogP contribution in [0.25, 0.3) is 0 Å². The number of rotatable bonds is 5. The molecule has 2 aromatic rings. The van der Waals surface area contributed by atoms with Crippen LogP contribution in [0.1, 0.15) is 28.5 Å². The highest BCUT2D eigenvalue weighted by Gasteiger charge is 2.51. The SMILES string of the molecule is COc1cc2c(cc1OC)C(c1cccs1)N(C(=O)C1CC1C(=O)O)CC2. The number of nitrogens with zero attached hydrogens (tertiary/aromatic N) is 1. The van der Waals surface area contributed by atoms with E-state index in [0.29, 0.717) is 30.9 Å². The van der Waals surface area contributed by atoms with Gasteiger partial charge in [-0.05, 0) is 47.5 Å². The molecule has 3 unspecified atom stereocenters. The van der Waals surface area contributed by atoms with Crippen molar-refractivity contribution in [3.05, 3.63) is 45.6 Å². The van der Waals surface area contributed by atoms with Crippen LogP contribution in [-0.4, -0.2) is 42.6 Å².